The quantitative estimate of drug-likeness (QED) is 0.397. The SMILES string of the molecule is O=S(=O)(Cn1sc(=Nc2ccc(Br)cc2)nc1-c1ccccc1)c1ccccc1. The zero-order chi connectivity index (χ0) is 20.3. The molecule has 0 bridgehead atoms. The van der Waals surface area contributed by atoms with Gasteiger partial charge in [0.15, 0.2) is 15.7 Å². The highest BCUT2D eigenvalue weighted by atomic mass is 79.9. The number of sulfone groups is 1. The number of benzene rings is 3. The van der Waals surface area contributed by atoms with E-state index in [9.17, 15) is 8.42 Å². The number of aromatic nitrogens is 2. The minimum atomic E-state index is -3.52. The van der Waals surface area contributed by atoms with Gasteiger partial charge in [-0.1, -0.05) is 64.5 Å². The summed E-state index contributed by atoms with van der Waals surface area (Å²) in [7, 11) is -3.52. The number of halogens is 1. The van der Waals surface area contributed by atoms with Crippen LogP contribution in [0.15, 0.2) is 99.3 Å². The highest BCUT2D eigenvalue weighted by molar-refractivity contribution is 9.10. The highest BCUT2D eigenvalue weighted by Crippen LogP contribution is 2.22. The van der Waals surface area contributed by atoms with Crippen molar-refractivity contribution < 1.29 is 8.42 Å². The van der Waals surface area contributed by atoms with Gasteiger partial charge in [0, 0.05) is 10.0 Å². The van der Waals surface area contributed by atoms with Crippen molar-refractivity contribution in [1.82, 2.24) is 8.94 Å². The summed E-state index contributed by atoms with van der Waals surface area (Å²) in [5, 5.41) is 0. The van der Waals surface area contributed by atoms with Gasteiger partial charge >= 0.3 is 0 Å². The van der Waals surface area contributed by atoms with Crippen molar-refractivity contribution in [3.63, 3.8) is 0 Å². The van der Waals surface area contributed by atoms with Gasteiger partial charge in [-0.3, -0.25) is 3.96 Å². The summed E-state index contributed by atoms with van der Waals surface area (Å²) in [6.45, 7) is 0. The molecule has 8 heteroatoms. The molecule has 4 aromatic rings. The Morgan fingerprint density at radius 2 is 1.52 bits per heavy atom. The maximum atomic E-state index is 12.9. The summed E-state index contributed by atoms with van der Waals surface area (Å²) in [6, 6.07) is 25.5. The third-order valence-corrected chi connectivity index (χ3v) is 7.25. The normalized spacial score (nSPS) is 12.2. The largest absolute Gasteiger partial charge is 0.262 e. The summed E-state index contributed by atoms with van der Waals surface area (Å²) >= 11 is 4.63. The van der Waals surface area contributed by atoms with E-state index in [2.05, 4.69) is 25.9 Å². The lowest BCUT2D eigenvalue weighted by Gasteiger charge is -2.07. The van der Waals surface area contributed by atoms with Crippen molar-refractivity contribution in [3.05, 3.63) is 94.2 Å². The maximum absolute atomic E-state index is 12.9. The van der Waals surface area contributed by atoms with Crippen LogP contribution in [-0.4, -0.2) is 17.4 Å². The fourth-order valence-corrected chi connectivity index (χ4v) is 5.47. The van der Waals surface area contributed by atoms with E-state index in [1.54, 1.807) is 34.3 Å². The van der Waals surface area contributed by atoms with E-state index in [1.807, 2.05) is 54.6 Å². The first-order valence-electron chi connectivity index (χ1n) is 8.73. The topological polar surface area (TPSA) is 64.3 Å². The van der Waals surface area contributed by atoms with Crippen molar-refractivity contribution in [2.75, 3.05) is 0 Å². The first kappa shape index (κ1) is 19.8. The van der Waals surface area contributed by atoms with Crippen LogP contribution in [0, 0.1) is 0 Å². The third-order valence-electron chi connectivity index (χ3n) is 4.10. The van der Waals surface area contributed by atoms with Gasteiger partial charge in [-0.15, -0.1) is 0 Å². The van der Waals surface area contributed by atoms with E-state index < -0.39 is 9.84 Å². The van der Waals surface area contributed by atoms with E-state index in [4.69, 9.17) is 0 Å². The Morgan fingerprint density at radius 3 is 2.17 bits per heavy atom. The smallest absolute Gasteiger partial charge is 0.228 e. The molecule has 0 saturated carbocycles. The Bertz CT molecular complexity index is 1280. The lowest BCUT2D eigenvalue weighted by atomic mass is 10.2. The lowest BCUT2D eigenvalue weighted by molar-refractivity contribution is 0.587. The van der Waals surface area contributed by atoms with E-state index in [0.29, 0.717) is 10.6 Å². The van der Waals surface area contributed by atoms with Crippen LogP contribution in [0.3, 0.4) is 0 Å². The second-order valence-corrected chi connectivity index (χ2v) is 10.1. The van der Waals surface area contributed by atoms with E-state index in [1.165, 1.54) is 11.5 Å². The molecule has 5 nitrogen and oxygen atoms in total. The van der Waals surface area contributed by atoms with Gasteiger partial charge in [-0.25, -0.2) is 13.4 Å². The van der Waals surface area contributed by atoms with E-state index in [-0.39, 0.29) is 10.8 Å². The van der Waals surface area contributed by atoms with Crippen LogP contribution >= 0.6 is 27.5 Å². The number of hydrogen-bond acceptors (Lipinski definition) is 5. The molecule has 0 aliphatic rings. The van der Waals surface area contributed by atoms with Crippen LogP contribution < -0.4 is 4.80 Å². The Hall–Kier alpha value is -2.55. The molecular formula is C21H16BrN3O2S2. The van der Waals surface area contributed by atoms with Crippen LogP contribution in [0.1, 0.15) is 0 Å². The summed E-state index contributed by atoms with van der Waals surface area (Å²) in [4.78, 5) is 9.96. The van der Waals surface area contributed by atoms with E-state index >= 15 is 0 Å². The molecule has 0 radical (unpaired) electrons. The molecule has 0 saturated heterocycles. The molecule has 0 aliphatic carbocycles. The van der Waals surface area contributed by atoms with Gasteiger partial charge in [-0.2, -0.15) is 4.98 Å². The van der Waals surface area contributed by atoms with Gasteiger partial charge in [0.25, 0.3) is 0 Å². The molecule has 0 unspecified atom stereocenters. The molecule has 0 atom stereocenters. The molecule has 1 heterocycles. The molecule has 1 aromatic heterocycles. The monoisotopic (exact) mass is 485 g/mol. The van der Waals surface area contributed by atoms with Gasteiger partial charge in [0.1, 0.15) is 5.88 Å². The Kier molecular flexibility index (Phi) is 5.75. The Balaban J connectivity index is 1.80. The predicted octanol–water partition coefficient (Wildman–Crippen LogP) is 5.04. The first-order chi connectivity index (χ1) is 14.0. The standard InChI is InChI=1S/C21H16BrN3O2S2/c22-17-11-13-18(14-12-17)23-21-24-20(16-7-3-1-4-8-16)25(28-21)15-29(26,27)19-9-5-2-6-10-19/h1-14H,15H2. The number of rotatable bonds is 5. The van der Waals surface area contributed by atoms with Crippen molar-refractivity contribution >= 4 is 43.0 Å². The van der Waals surface area contributed by atoms with Gasteiger partial charge in [-0.05, 0) is 47.9 Å². The van der Waals surface area contributed by atoms with Crippen LogP contribution in [0.5, 0.6) is 0 Å². The molecule has 0 amide bonds. The summed E-state index contributed by atoms with van der Waals surface area (Å²) in [6.07, 6.45) is 0. The highest BCUT2D eigenvalue weighted by Gasteiger charge is 2.19. The molecular weight excluding hydrogens is 470 g/mol. The van der Waals surface area contributed by atoms with Crippen LogP contribution in [0.25, 0.3) is 11.4 Å². The van der Waals surface area contributed by atoms with Crippen molar-refractivity contribution in [3.8, 4) is 11.4 Å². The maximum Gasteiger partial charge on any atom is 0.228 e. The zero-order valence-corrected chi connectivity index (χ0v) is 18.4. The average molecular weight is 486 g/mol. The van der Waals surface area contributed by atoms with Crippen LogP contribution in [-0.2, 0) is 15.7 Å². The molecule has 4 rings (SSSR count). The molecule has 146 valence electrons. The molecule has 0 aliphatic heterocycles. The van der Waals surface area contributed by atoms with Crippen molar-refractivity contribution in [1.29, 1.82) is 0 Å². The average Bonchev–Trinajstić information content (AvgIpc) is 3.12. The Labute approximate surface area is 181 Å². The van der Waals surface area contributed by atoms with Crippen molar-refractivity contribution in [2.24, 2.45) is 4.99 Å². The summed E-state index contributed by atoms with van der Waals surface area (Å²) < 4.78 is 28.5. The fraction of sp³-hybridized carbons (Fsp3) is 0.0476. The number of hydrogen-bond donors (Lipinski definition) is 0. The lowest BCUT2D eigenvalue weighted by Crippen LogP contribution is -2.10. The number of nitrogens with zero attached hydrogens (tertiary/aromatic N) is 3. The molecule has 0 N–H and O–H groups in total. The Morgan fingerprint density at radius 1 is 0.897 bits per heavy atom. The predicted molar refractivity (Wildman–Crippen MR) is 119 cm³/mol. The van der Waals surface area contributed by atoms with Crippen LogP contribution in [0.4, 0.5) is 5.69 Å². The van der Waals surface area contributed by atoms with Gasteiger partial charge in [0.2, 0.25) is 4.80 Å². The molecule has 0 fully saturated rings. The van der Waals surface area contributed by atoms with Crippen molar-refractivity contribution in [2.45, 2.75) is 10.8 Å². The summed E-state index contributed by atoms with van der Waals surface area (Å²) in [5.74, 6) is 0.375. The van der Waals surface area contributed by atoms with Gasteiger partial charge < -0.3 is 0 Å². The molecule has 0 spiro atoms. The minimum Gasteiger partial charge on any atom is -0.262 e. The second kappa shape index (κ2) is 8.44. The molecule has 29 heavy (non-hydrogen) atoms. The van der Waals surface area contributed by atoms with E-state index in [0.717, 1.165) is 15.7 Å². The second-order valence-electron chi connectivity index (χ2n) is 6.20. The fourth-order valence-electron chi connectivity index (χ4n) is 2.72. The molecule has 3 aromatic carbocycles. The first-order valence-corrected chi connectivity index (χ1v) is 11.9. The van der Waals surface area contributed by atoms with Gasteiger partial charge in [0.05, 0.1) is 10.6 Å². The summed E-state index contributed by atoms with van der Waals surface area (Å²) in [5.41, 5.74) is 1.59. The third kappa shape index (κ3) is 4.72. The minimum absolute atomic E-state index is 0.200. The zero-order valence-electron chi connectivity index (χ0n) is 15.1. The van der Waals surface area contributed by atoms with Crippen LogP contribution in [0.2, 0.25) is 0 Å².